The number of rotatable bonds is 2. The smallest absolute Gasteiger partial charge is 0.0614 e. The third-order valence-electron chi connectivity index (χ3n) is 1.56. The number of pyridine rings is 1. The summed E-state index contributed by atoms with van der Waals surface area (Å²) in [6, 6.07) is 5.72. The van der Waals surface area contributed by atoms with Gasteiger partial charge in [0.25, 0.3) is 0 Å². The van der Waals surface area contributed by atoms with Gasteiger partial charge in [0, 0.05) is 12.4 Å². The Bertz CT molecular complexity index is 286. The number of nitrogens with zero attached hydrogens (tertiary/aromatic N) is 1. The van der Waals surface area contributed by atoms with Crippen molar-refractivity contribution >= 4 is 0 Å². The van der Waals surface area contributed by atoms with Crippen LogP contribution in [0.4, 0.5) is 0 Å². The molecule has 1 aromatic rings. The number of aromatic nitrogens is 1. The van der Waals surface area contributed by atoms with Gasteiger partial charge in [0.1, 0.15) is 0 Å². The van der Waals surface area contributed by atoms with Gasteiger partial charge in [-0.1, -0.05) is 42.0 Å². The van der Waals surface area contributed by atoms with E-state index in [4.69, 9.17) is 5.11 Å². The zero-order chi connectivity index (χ0) is 14.1. The van der Waals surface area contributed by atoms with Crippen molar-refractivity contribution in [2.24, 2.45) is 0 Å². The van der Waals surface area contributed by atoms with Gasteiger partial charge in [-0.05, 0) is 39.8 Å². The van der Waals surface area contributed by atoms with E-state index in [1.54, 1.807) is 18.5 Å². The van der Waals surface area contributed by atoms with Crippen LogP contribution in [0.1, 0.15) is 27.7 Å². The van der Waals surface area contributed by atoms with Gasteiger partial charge in [-0.25, -0.2) is 0 Å². The summed E-state index contributed by atoms with van der Waals surface area (Å²) in [5, 5.41) is 8.16. The highest BCUT2D eigenvalue weighted by atomic mass is 16.2. The third kappa shape index (κ3) is 23.9. The number of aliphatic hydroxyl groups excluding tert-OH is 1. The molecule has 0 unspecified atom stereocenters. The summed E-state index contributed by atoms with van der Waals surface area (Å²) in [5.74, 6) is 0. The molecule has 0 saturated heterocycles. The van der Waals surface area contributed by atoms with Crippen molar-refractivity contribution in [3.63, 3.8) is 0 Å². The predicted octanol–water partition coefficient (Wildman–Crippen LogP) is 4.17. The normalized spacial score (nSPS) is 9.17. The Hall–Kier alpha value is -1.67. The summed E-state index contributed by atoms with van der Waals surface area (Å²) in [5.41, 5.74) is 1.16. The Kier molecular flexibility index (Phi) is 18.4. The number of aliphatic hydroxyl groups is 1. The Morgan fingerprint density at radius 2 is 1.50 bits per heavy atom. The molecule has 0 aliphatic carbocycles. The lowest BCUT2D eigenvalue weighted by Crippen LogP contribution is -1.71. The van der Waals surface area contributed by atoms with E-state index in [0.717, 1.165) is 5.57 Å². The molecule has 0 amide bonds. The van der Waals surface area contributed by atoms with Crippen LogP contribution in [0.15, 0.2) is 66.5 Å². The van der Waals surface area contributed by atoms with Crippen molar-refractivity contribution in [3.8, 4) is 0 Å². The Balaban J connectivity index is 0. The van der Waals surface area contributed by atoms with Crippen LogP contribution in [-0.4, -0.2) is 16.7 Å². The largest absolute Gasteiger partial charge is 0.392 e. The van der Waals surface area contributed by atoms with Crippen molar-refractivity contribution in [1.29, 1.82) is 0 Å². The van der Waals surface area contributed by atoms with Crippen LogP contribution in [0, 0.1) is 0 Å². The molecule has 2 nitrogen and oxygen atoms in total. The molecule has 1 aromatic heterocycles. The fourth-order valence-corrected chi connectivity index (χ4v) is 0.717. The molecule has 0 aromatic carbocycles. The zero-order valence-electron chi connectivity index (χ0n) is 11.9. The summed E-state index contributed by atoms with van der Waals surface area (Å²) in [7, 11) is 0. The molecular formula is C16H25NO. The van der Waals surface area contributed by atoms with E-state index in [0.29, 0.717) is 0 Å². The van der Waals surface area contributed by atoms with E-state index < -0.39 is 0 Å². The predicted molar refractivity (Wildman–Crippen MR) is 80.4 cm³/mol. The van der Waals surface area contributed by atoms with Crippen LogP contribution in [0.3, 0.4) is 0 Å². The van der Waals surface area contributed by atoms with E-state index in [2.05, 4.69) is 4.98 Å². The quantitative estimate of drug-likeness (QED) is 0.628. The molecule has 0 radical (unpaired) electrons. The molecule has 2 heteroatoms. The minimum atomic E-state index is 0.169. The maximum absolute atomic E-state index is 8.16. The molecule has 0 aliphatic heterocycles. The first-order chi connectivity index (χ1) is 8.68. The average Bonchev–Trinajstić information content (AvgIpc) is 2.39. The van der Waals surface area contributed by atoms with Crippen LogP contribution in [0.2, 0.25) is 0 Å². The fourth-order valence-electron chi connectivity index (χ4n) is 0.717. The van der Waals surface area contributed by atoms with Crippen molar-refractivity contribution < 1.29 is 5.11 Å². The highest BCUT2D eigenvalue weighted by Crippen LogP contribution is 1.83. The standard InChI is InChI=1S/C6H10.C5H5N.C5H10O/c1-3-5-6-4-2;1-2-4-6-5-3-1;1-5(2)3-4-6/h3-6H,1-2H3;1-5H;3,6H,4H2,1-2H3/b5-3-,6-4-;;. The summed E-state index contributed by atoms with van der Waals surface area (Å²) < 4.78 is 0. The van der Waals surface area contributed by atoms with Crippen LogP contribution in [0.25, 0.3) is 0 Å². The average molecular weight is 247 g/mol. The van der Waals surface area contributed by atoms with E-state index in [1.807, 2.05) is 70.2 Å². The number of hydrogen-bond acceptors (Lipinski definition) is 2. The van der Waals surface area contributed by atoms with Crippen molar-refractivity contribution in [1.82, 2.24) is 4.98 Å². The molecule has 0 atom stereocenters. The van der Waals surface area contributed by atoms with Gasteiger partial charge < -0.3 is 5.11 Å². The maximum atomic E-state index is 8.16. The van der Waals surface area contributed by atoms with Crippen LogP contribution in [0.5, 0.6) is 0 Å². The molecule has 0 saturated carbocycles. The third-order valence-corrected chi connectivity index (χ3v) is 1.56. The van der Waals surface area contributed by atoms with E-state index in [9.17, 15) is 0 Å². The summed E-state index contributed by atoms with van der Waals surface area (Å²) in [6.45, 7) is 8.08. The first kappa shape index (κ1) is 18.7. The lowest BCUT2D eigenvalue weighted by molar-refractivity contribution is 0.342. The van der Waals surface area contributed by atoms with E-state index in [-0.39, 0.29) is 6.61 Å². The second kappa shape index (κ2) is 17.7. The zero-order valence-corrected chi connectivity index (χ0v) is 11.9. The Labute approximate surface area is 111 Å². The minimum absolute atomic E-state index is 0.169. The van der Waals surface area contributed by atoms with Crippen LogP contribution >= 0.6 is 0 Å². The second-order valence-corrected chi connectivity index (χ2v) is 3.54. The molecule has 100 valence electrons. The van der Waals surface area contributed by atoms with Crippen LogP contribution < -0.4 is 0 Å². The summed E-state index contributed by atoms with van der Waals surface area (Å²) in [6.07, 6.45) is 13.3. The molecule has 1 rings (SSSR count). The molecule has 0 bridgehead atoms. The molecule has 0 fully saturated rings. The highest BCUT2D eigenvalue weighted by Gasteiger charge is 1.68. The first-order valence-corrected chi connectivity index (χ1v) is 6.02. The van der Waals surface area contributed by atoms with Crippen molar-refractivity contribution in [2.45, 2.75) is 27.7 Å². The van der Waals surface area contributed by atoms with Gasteiger partial charge >= 0.3 is 0 Å². The molecule has 1 N–H and O–H groups in total. The first-order valence-electron chi connectivity index (χ1n) is 6.02. The number of hydrogen-bond donors (Lipinski definition) is 1. The fraction of sp³-hybridized carbons (Fsp3) is 0.312. The maximum Gasteiger partial charge on any atom is 0.0614 e. The lowest BCUT2D eigenvalue weighted by Gasteiger charge is -1.80. The van der Waals surface area contributed by atoms with Gasteiger partial charge in [0.15, 0.2) is 0 Å². The Morgan fingerprint density at radius 3 is 1.61 bits per heavy atom. The van der Waals surface area contributed by atoms with Gasteiger partial charge in [-0.3, -0.25) is 4.98 Å². The number of allylic oxidation sites excluding steroid dienone is 5. The summed E-state index contributed by atoms with van der Waals surface area (Å²) in [4.78, 5) is 3.78. The van der Waals surface area contributed by atoms with Gasteiger partial charge in [-0.2, -0.15) is 0 Å². The van der Waals surface area contributed by atoms with Gasteiger partial charge in [-0.15, -0.1) is 0 Å². The van der Waals surface area contributed by atoms with Crippen LogP contribution in [-0.2, 0) is 0 Å². The summed E-state index contributed by atoms with van der Waals surface area (Å²) >= 11 is 0. The Morgan fingerprint density at radius 1 is 1.00 bits per heavy atom. The van der Waals surface area contributed by atoms with E-state index in [1.165, 1.54) is 0 Å². The second-order valence-electron chi connectivity index (χ2n) is 3.54. The van der Waals surface area contributed by atoms with Crippen molar-refractivity contribution in [3.05, 3.63) is 66.5 Å². The molecule has 0 aliphatic rings. The topological polar surface area (TPSA) is 33.1 Å². The minimum Gasteiger partial charge on any atom is -0.392 e. The molecule has 1 heterocycles. The monoisotopic (exact) mass is 247 g/mol. The van der Waals surface area contributed by atoms with Crippen molar-refractivity contribution in [2.75, 3.05) is 6.61 Å². The highest BCUT2D eigenvalue weighted by molar-refractivity contribution is 4.98. The van der Waals surface area contributed by atoms with Gasteiger partial charge in [0.05, 0.1) is 6.61 Å². The molecule has 0 spiro atoms. The lowest BCUT2D eigenvalue weighted by atomic mass is 10.3. The SMILES string of the molecule is C/C=C\C=C/C.CC(C)=CCO.c1ccncc1. The van der Waals surface area contributed by atoms with E-state index >= 15 is 0 Å². The molecule has 18 heavy (non-hydrogen) atoms. The van der Waals surface area contributed by atoms with Gasteiger partial charge in [0.2, 0.25) is 0 Å². The molecular weight excluding hydrogens is 222 g/mol.